The summed E-state index contributed by atoms with van der Waals surface area (Å²) in [5.41, 5.74) is 0.512. The molecule has 0 aliphatic rings. The molecule has 1 N–H and O–H groups in total. The summed E-state index contributed by atoms with van der Waals surface area (Å²) >= 11 is 1.47. The molecule has 1 atom stereocenters. The van der Waals surface area contributed by atoms with Crippen molar-refractivity contribution in [1.82, 2.24) is 9.55 Å². The molecule has 0 radical (unpaired) electrons. The van der Waals surface area contributed by atoms with Gasteiger partial charge in [0, 0.05) is 10.6 Å². The maximum absolute atomic E-state index is 12.5. The summed E-state index contributed by atoms with van der Waals surface area (Å²) in [5.74, 6) is -0.249. The molecule has 0 spiro atoms. The van der Waals surface area contributed by atoms with E-state index in [4.69, 9.17) is 0 Å². The molecule has 0 saturated heterocycles. The molecule has 22 heavy (non-hydrogen) atoms. The van der Waals surface area contributed by atoms with E-state index in [9.17, 15) is 9.59 Å². The number of para-hydroxylation sites is 1. The van der Waals surface area contributed by atoms with Gasteiger partial charge in [-0.2, -0.15) is 0 Å². The Labute approximate surface area is 131 Å². The van der Waals surface area contributed by atoms with E-state index in [1.54, 1.807) is 19.1 Å². The maximum atomic E-state index is 12.5. The van der Waals surface area contributed by atoms with E-state index in [2.05, 4.69) is 10.3 Å². The number of anilines is 1. The lowest BCUT2D eigenvalue weighted by molar-refractivity contribution is -0.118. The largest absolute Gasteiger partial charge is 0.324 e. The van der Waals surface area contributed by atoms with Crippen LogP contribution >= 0.6 is 11.3 Å². The molecule has 0 aliphatic carbocycles. The lowest BCUT2D eigenvalue weighted by atomic mass is 10.2. The first-order valence-electron chi connectivity index (χ1n) is 6.89. The second-order valence-electron chi connectivity index (χ2n) is 5.06. The van der Waals surface area contributed by atoms with E-state index < -0.39 is 6.04 Å². The second-order valence-corrected chi connectivity index (χ2v) is 6.30. The van der Waals surface area contributed by atoms with Crippen molar-refractivity contribution >= 4 is 33.1 Å². The number of aryl methyl sites for hydroxylation is 1. The van der Waals surface area contributed by atoms with Crippen LogP contribution < -0.4 is 10.9 Å². The molecular formula is C16H15N3O2S. The number of aromatic nitrogens is 2. The van der Waals surface area contributed by atoms with Crippen LogP contribution in [-0.4, -0.2) is 15.5 Å². The van der Waals surface area contributed by atoms with Crippen LogP contribution in [0.4, 0.5) is 5.69 Å². The van der Waals surface area contributed by atoms with Gasteiger partial charge in [0.05, 0.1) is 11.7 Å². The second kappa shape index (κ2) is 5.73. The Kier molecular flexibility index (Phi) is 3.77. The molecule has 5 nitrogen and oxygen atoms in total. The number of nitrogens with zero attached hydrogens (tertiary/aromatic N) is 2. The van der Waals surface area contributed by atoms with Gasteiger partial charge >= 0.3 is 0 Å². The van der Waals surface area contributed by atoms with E-state index >= 15 is 0 Å². The van der Waals surface area contributed by atoms with Crippen molar-refractivity contribution in [1.29, 1.82) is 0 Å². The molecule has 3 aromatic rings. The minimum absolute atomic E-state index is 0.190. The van der Waals surface area contributed by atoms with Crippen LogP contribution in [0.2, 0.25) is 0 Å². The van der Waals surface area contributed by atoms with E-state index in [1.807, 2.05) is 31.2 Å². The van der Waals surface area contributed by atoms with Crippen molar-refractivity contribution in [2.45, 2.75) is 19.9 Å². The van der Waals surface area contributed by atoms with Crippen molar-refractivity contribution in [3.8, 4) is 0 Å². The fourth-order valence-corrected chi connectivity index (χ4v) is 3.07. The summed E-state index contributed by atoms with van der Waals surface area (Å²) < 4.78 is 1.37. The molecule has 3 rings (SSSR count). The number of fused-ring (bicyclic) bond motifs is 1. The summed E-state index contributed by atoms with van der Waals surface area (Å²) in [7, 11) is 0. The molecular weight excluding hydrogens is 298 g/mol. The highest BCUT2D eigenvalue weighted by Crippen LogP contribution is 2.20. The predicted molar refractivity (Wildman–Crippen MR) is 88.4 cm³/mol. The zero-order valence-corrected chi connectivity index (χ0v) is 13.1. The van der Waals surface area contributed by atoms with Crippen LogP contribution in [0.3, 0.4) is 0 Å². The number of benzene rings is 1. The maximum Gasteiger partial charge on any atom is 0.262 e. The van der Waals surface area contributed by atoms with Crippen LogP contribution in [0, 0.1) is 6.92 Å². The summed E-state index contributed by atoms with van der Waals surface area (Å²) in [4.78, 5) is 30.8. The molecule has 1 aromatic carbocycles. The zero-order valence-electron chi connectivity index (χ0n) is 12.2. The van der Waals surface area contributed by atoms with Gasteiger partial charge in [-0.1, -0.05) is 18.2 Å². The Balaban J connectivity index is 1.91. The first-order chi connectivity index (χ1) is 10.6. The van der Waals surface area contributed by atoms with Gasteiger partial charge < -0.3 is 5.32 Å². The number of rotatable bonds is 3. The van der Waals surface area contributed by atoms with Crippen LogP contribution in [-0.2, 0) is 4.79 Å². The van der Waals surface area contributed by atoms with Crippen molar-refractivity contribution in [2.75, 3.05) is 5.32 Å². The Hall–Kier alpha value is -2.47. The molecule has 0 unspecified atom stereocenters. The molecule has 1 amide bonds. The summed E-state index contributed by atoms with van der Waals surface area (Å²) in [6, 6.07) is 10.3. The number of carbonyl (C=O) groups excluding carboxylic acids is 1. The zero-order chi connectivity index (χ0) is 15.7. The van der Waals surface area contributed by atoms with E-state index in [1.165, 1.54) is 22.2 Å². The standard InChI is InChI=1S/C16H15N3O2S/c1-10-8-13-15(22-10)17-9-19(16(13)21)11(2)14(20)18-12-6-4-3-5-7-12/h3-9,11H,1-2H3,(H,18,20)/t11-/m1/s1. The third-order valence-corrected chi connectivity index (χ3v) is 4.40. The Morgan fingerprint density at radius 2 is 2.05 bits per heavy atom. The smallest absolute Gasteiger partial charge is 0.262 e. The van der Waals surface area contributed by atoms with Gasteiger partial charge in [0.2, 0.25) is 5.91 Å². The van der Waals surface area contributed by atoms with Crippen LogP contribution in [0.15, 0.2) is 47.5 Å². The van der Waals surface area contributed by atoms with Gasteiger partial charge in [-0.15, -0.1) is 11.3 Å². The number of hydrogen-bond donors (Lipinski definition) is 1. The molecule has 2 aromatic heterocycles. The minimum Gasteiger partial charge on any atom is -0.324 e. The van der Waals surface area contributed by atoms with Crippen LogP contribution in [0.5, 0.6) is 0 Å². The van der Waals surface area contributed by atoms with Crippen molar-refractivity contribution in [2.24, 2.45) is 0 Å². The van der Waals surface area contributed by atoms with Crippen molar-refractivity contribution < 1.29 is 4.79 Å². The average Bonchev–Trinajstić information content (AvgIpc) is 2.89. The third kappa shape index (κ3) is 2.65. The Morgan fingerprint density at radius 1 is 1.32 bits per heavy atom. The van der Waals surface area contributed by atoms with E-state index in [-0.39, 0.29) is 11.5 Å². The van der Waals surface area contributed by atoms with Crippen molar-refractivity contribution in [3.63, 3.8) is 0 Å². The molecule has 6 heteroatoms. The highest BCUT2D eigenvalue weighted by Gasteiger charge is 2.18. The highest BCUT2D eigenvalue weighted by atomic mass is 32.1. The number of carbonyl (C=O) groups is 1. The lowest BCUT2D eigenvalue weighted by Crippen LogP contribution is -2.31. The first kappa shape index (κ1) is 14.5. The number of nitrogens with one attached hydrogen (secondary N) is 1. The highest BCUT2D eigenvalue weighted by molar-refractivity contribution is 7.18. The summed E-state index contributed by atoms with van der Waals surface area (Å²) in [5, 5.41) is 3.36. The van der Waals surface area contributed by atoms with Gasteiger partial charge in [0.1, 0.15) is 10.9 Å². The molecule has 0 fully saturated rings. The van der Waals surface area contributed by atoms with Crippen LogP contribution in [0.1, 0.15) is 17.8 Å². The molecule has 0 aliphatic heterocycles. The fourth-order valence-electron chi connectivity index (χ4n) is 2.23. The fraction of sp³-hybridized carbons (Fsp3) is 0.188. The third-order valence-electron chi connectivity index (χ3n) is 3.44. The van der Waals surface area contributed by atoms with Gasteiger partial charge in [0.25, 0.3) is 5.56 Å². The van der Waals surface area contributed by atoms with E-state index in [0.717, 1.165) is 4.88 Å². The Morgan fingerprint density at radius 3 is 2.77 bits per heavy atom. The minimum atomic E-state index is -0.634. The summed E-state index contributed by atoms with van der Waals surface area (Å²) in [6.45, 7) is 3.62. The first-order valence-corrected chi connectivity index (χ1v) is 7.71. The number of amides is 1. The topological polar surface area (TPSA) is 64.0 Å². The SMILES string of the molecule is Cc1cc2c(=O)n([C@H](C)C(=O)Nc3ccccc3)cnc2s1. The monoisotopic (exact) mass is 313 g/mol. The Bertz CT molecular complexity index is 883. The lowest BCUT2D eigenvalue weighted by Gasteiger charge is -2.14. The number of hydrogen-bond acceptors (Lipinski definition) is 4. The molecule has 0 bridgehead atoms. The van der Waals surface area contributed by atoms with Gasteiger partial charge in [-0.25, -0.2) is 4.98 Å². The van der Waals surface area contributed by atoms with Gasteiger partial charge in [-0.05, 0) is 32.0 Å². The molecule has 2 heterocycles. The predicted octanol–water partition coefficient (Wildman–Crippen LogP) is 2.97. The van der Waals surface area contributed by atoms with Gasteiger partial charge in [-0.3, -0.25) is 14.2 Å². The molecule has 0 saturated carbocycles. The molecule has 112 valence electrons. The summed E-state index contributed by atoms with van der Waals surface area (Å²) in [6.07, 6.45) is 1.44. The van der Waals surface area contributed by atoms with Crippen molar-refractivity contribution in [3.05, 3.63) is 58.0 Å². The quantitative estimate of drug-likeness (QED) is 0.808. The van der Waals surface area contributed by atoms with Crippen LogP contribution in [0.25, 0.3) is 10.2 Å². The van der Waals surface area contributed by atoms with Gasteiger partial charge in [0.15, 0.2) is 0 Å². The normalized spacial score (nSPS) is 12.3. The number of thiophene rings is 1. The van der Waals surface area contributed by atoms with E-state index in [0.29, 0.717) is 15.9 Å². The average molecular weight is 313 g/mol.